The molecule has 1 aromatic carbocycles. The minimum Gasteiger partial charge on any atom is -0.497 e. The number of ether oxygens (including phenoxy) is 2. The van der Waals surface area contributed by atoms with E-state index in [9.17, 15) is 14.9 Å². The zero-order valence-electron chi connectivity index (χ0n) is 16.0. The summed E-state index contributed by atoms with van der Waals surface area (Å²) < 4.78 is 10.1. The van der Waals surface area contributed by atoms with Crippen LogP contribution in [0.5, 0.6) is 5.75 Å². The van der Waals surface area contributed by atoms with E-state index >= 15 is 0 Å². The highest BCUT2D eigenvalue weighted by Gasteiger charge is 2.28. The lowest BCUT2D eigenvalue weighted by molar-refractivity contribution is -0.144. The van der Waals surface area contributed by atoms with Crippen molar-refractivity contribution in [1.82, 2.24) is 5.32 Å². The molecule has 6 heteroatoms. The Kier molecular flexibility index (Phi) is 7.42. The third-order valence-corrected chi connectivity index (χ3v) is 5.15. The topological polar surface area (TPSA) is 88.4 Å². The summed E-state index contributed by atoms with van der Waals surface area (Å²) in [6.45, 7) is 3.93. The Morgan fingerprint density at radius 1 is 1.26 bits per heavy atom. The number of hydrogen-bond acceptors (Lipinski definition) is 5. The van der Waals surface area contributed by atoms with Crippen molar-refractivity contribution in [3.05, 3.63) is 35.4 Å². The molecule has 1 aliphatic carbocycles. The maximum absolute atomic E-state index is 12.1. The largest absolute Gasteiger partial charge is 0.497 e. The molecule has 1 aromatic rings. The van der Waals surface area contributed by atoms with Crippen LogP contribution in [-0.2, 0) is 14.3 Å². The molecule has 1 aliphatic rings. The predicted molar refractivity (Wildman–Crippen MR) is 102 cm³/mol. The lowest BCUT2D eigenvalue weighted by Crippen LogP contribution is -2.45. The van der Waals surface area contributed by atoms with Crippen LogP contribution in [-0.4, -0.2) is 31.6 Å². The summed E-state index contributed by atoms with van der Waals surface area (Å²) in [6, 6.07) is 8.83. The van der Waals surface area contributed by atoms with Gasteiger partial charge in [-0.1, -0.05) is 38.8 Å². The van der Waals surface area contributed by atoms with E-state index in [4.69, 9.17) is 9.47 Å². The van der Waals surface area contributed by atoms with Crippen molar-refractivity contribution < 1.29 is 19.1 Å². The molecule has 0 spiro atoms. The van der Waals surface area contributed by atoms with Crippen LogP contribution in [0.25, 0.3) is 6.08 Å². The van der Waals surface area contributed by atoms with E-state index in [1.165, 1.54) is 12.5 Å². The van der Waals surface area contributed by atoms with Crippen LogP contribution in [0.3, 0.4) is 0 Å². The minimum atomic E-state index is -0.812. The van der Waals surface area contributed by atoms with E-state index < -0.39 is 12.6 Å². The zero-order valence-corrected chi connectivity index (χ0v) is 16.0. The van der Waals surface area contributed by atoms with Crippen molar-refractivity contribution in [3.63, 3.8) is 0 Å². The second kappa shape index (κ2) is 9.77. The van der Waals surface area contributed by atoms with Gasteiger partial charge in [0.2, 0.25) is 0 Å². The third-order valence-electron chi connectivity index (χ3n) is 5.15. The average molecular weight is 370 g/mol. The Labute approximate surface area is 160 Å². The highest BCUT2D eigenvalue weighted by molar-refractivity contribution is 5.98. The first-order valence-corrected chi connectivity index (χ1v) is 9.17. The summed E-state index contributed by atoms with van der Waals surface area (Å²) in [5.74, 6) is 0.480. The first-order chi connectivity index (χ1) is 12.9. The predicted octanol–water partition coefficient (Wildman–Crippen LogP) is 3.09. The molecule has 0 heterocycles. The van der Waals surface area contributed by atoms with E-state index in [1.807, 2.05) is 6.07 Å². The van der Waals surface area contributed by atoms with Crippen molar-refractivity contribution in [3.8, 4) is 11.8 Å². The fourth-order valence-electron chi connectivity index (χ4n) is 3.25. The van der Waals surface area contributed by atoms with Gasteiger partial charge in [0.1, 0.15) is 17.4 Å². The van der Waals surface area contributed by atoms with Crippen LogP contribution in [0.4, 0.5) is 0 Å². The van der Waals surface area contributed by atoms with E-state index in [0.717, 1.165) is 12.8 Å². The molecule has 0 aliphatic heterocycles. The first kappa shape index (κ1) is 20.5. The van der Waals surface area contributed by atoms with E-state index in [1.54, 1.807) is 31.4 Å². The van der Waals surface area contributed by atoms with Gasteiger partial charge in [0.05, 0.1) is 7.11 Å². The lowest BCUT2D eigenvalue weighted by Gasteiger charge is -2.34. The highest BCUT2D eigenvalue weighted by Crippen LogP contribution is 2.29. The van der Waals surface area contributed by atoms with Gasteiger partial charge in [0.25, 0.3) is 5.91 Å². The van der Waals surface area contributed by atoms with Gasteiger partial charge in [-0.05, 0) is 42.0 Å². The van der Waals surface area contributed by atoms with Crippen LogP contribution < -0.4 is 10.1 Å². The molecule has 0 saturated heterocycles. The van der Waals surface area contributed by atoms with Crippen molar-refractivity contribution in [2.75, 3.05) is 13.7 Å². The number of hydrogen-bond donors (Lipinski definition) is 1. The number of nitrogens with one attached hydrogen (secondary N) is 1. The van der Waals surface area contributed by atoms with Crippen molar-refractivity contribution >= 4 is 18.0 Å². The highest BCUT2D eigenvalue weighted by atomic mass is 16.5. The van der Waals surface area contributed by atoms with Gasteiger partial charge in [0.15, 0.2) is 6.61 Å². The van der Waals surface area contributed by atoms with Gasteiger partial charge in [0, 0.05) is 6.04 Å². The Bertz CT molecular complexity index is 734. The van der Waals surface area contributed by atoms with Crippen LogP contribution >= 0.6 is 0 Å². The molecule has 3 atom stereocenters. The fraction of sp³-hybridized carbons (Fsp3) is 0.476. The molecule has 1 amide bonds. The molecule has 2 rings (SSSR count). The standard InChI is InChI=1S/C21H26N2O4/c1-14-5-4-6-19(15(14)2)23-20(24)13-27-21(25)17(12-22)11-16-7-9-18(26-3)10-8-16/h7-11,14-15,19H,4-6,13H2,1-3H3,(H,23,24). The Hall–Kier alpha value is -2.81. The number of amides is 1. The van der Waals surface area contributed by atoms with Crippen LogP contribution in [0.15, 0.2) is 29.8 Å². The average Bonchev–Trinajstić information content (AvgIpc) is 2.68. The van der Waals surface area contributed by atoms with Gasteiger partial charge < -0.3 is 14.8 Å². The van der Waals surface area contributed by atoms with Gasteiger partial charge in [-0.25, -0.2) is 4.79 Å². The molecule has 0 aromatic heterocycles. The number of carbonyl (C=O) groups is 2. The summed E-state index contributed by atoms with van der Waals surface area (Å²) in [7, 11) is 1.56. The minimum absolute atomic E-state index is 0.102. The Morgan fingerprint density at radius 2 is 1.96 bits per heavy atom. The molecule has 1 saturated carbocycles. The van der Waals surface area contributed by atoms with Crippen molar-refractivity contribution in [2.45, 2.75) is 39.2 Å². The van der Waals surface area contributed by atoms with Crippen LogP contribution in [0.1, 0.15) is 38.7 Å². The number of esters is 1. The number of methoxy groups -OCH3 is 1. The second-order valence-electron chi connectivity index (χ2n) is 6.96. The van der Waals surface area contributed by atoms with Crippen LogP contribution in [0, 0.1) is 23.2 Å². The summed E-state index contributed by atoms with van der Waals surface area (Å²) in [6.07, 6.45) is 4.61. The maximum atomic E-state index is 12.1. The maximum Gasteiger partial charge on any atom is 0.349 e. The molecule has 27 heavy (non-hydrogen) atoms. The third kappa shape index (κ3) is 5.85. The SMILES string of the molecule is COc1ccc(C=C(C#N)C(=O)OCC(=O)NC2CCCC(C)C2C)cc1. The monoisotopic (exact) mass is 370 g/mol. The quantitative estimate of drug-likeness (QED) is 0.472. The van der Waals surface area contributed by atoms with Crippen LogP contribution in [0.2, 0.25) is 0 Å². The Morgan fingerprint density at radius 3 is 2.59 bits per heavy atom. The number of nitrogens with zero attached hydrogens (tertiary/aromatic N) is 1. The van der Waals surface area contributed by atoms with Gasteiger partial charge in [-0.3, -0.25) is 4.79 Å². The summed E-state index contributed by atoms with van der Waals surface area (Å²) in [5, 5.41) is 12.1. The fourth-order valence-corrected chi connectivity index (χ4v) is 3.25. The number of benzene rings is 1. The van der Waals surface area contributed by atoms with E-state index in [2.05, 4.69) is 19.2 Å². The van der Waals surface area contributed by atoms with Gasteiger partial charge in [-0.15, -0.1) is 0 Å². The van der Waals surface area contributed by atoms with Crippen molar-refractivity contribution in [2.24, 2.45) is 11.8 Å². The molecular weight excluding hydrogens is 344 g/mol. The number of rotatable bonds is 6. The summed E-state index contributed by atoms with van der Waals surface area (Å²) in [4.78, 5) is 24.2. The second-order valence-corrected chi connectivity index (χ2v) is 6.96. The lowest BCUT2D eigenvalue weighted by atomic mass is 9.78. The molecule has 1 N–H and O–H groups in total. The molecule has 1 fully saturated rings. The number of carbonyl (C=O) groups excluding carboxylic acids is 2. The zero-order chi connectivity index (χ0) is 19.8. The summed E-state index contributed by atoms with van der Waals surface area (Å²) >= 11 is 0. The van der Waals surface area contributed by atoms with Crippen molar-refractivity contribution in [1.29, 1.82) is 5.26 Å². The molecule has 3 unspecified atom stereocenters. The molecule has 0 radical (unpaired) electrons. The smallest absolute Gasteiger partial charge is 0.349 e. The summed E-state index contributed by atoms with van der Waals surface area (Å²) in [5.41, 5.74) is 0.506. The van der Waals surface area contributed by atoms with Gasteiger partial charge in [-0.2, -0.15) is 5.26 Å². The van der Waals surface area contributed by atoms with E-state index in [0.29, 0.717) is 23.1 Å². The molecule has 6 nitrogen and oxygen atoms in total. The first-order valence-electron chi connectivity index (χ1n) is 9.17. The van der Waals surface area contributed by atoms with Gasteiger partial charge >= 0.3 is 5.97 Å². The normalized spacial score (nSPS) is 22.4. The molecule has 144 valence electrons. The molecule has 0 bridgehead atoms. The molecular formula is C21H26N2O4. The Balaban J connectivity index is 1.89. The number of nitriles is 1. The van der Waals surface area contributed by atoms with E-state index in [-0.39, 0.29) is 17.5 Å².